The van der Waals surface area contributed by atoms with Crippen molar-refractivity contribution in [3.63, 3.8) is 0 Å². The van der Waals surface area contributed by atoms with Crippen LogP contribution < -0.4 is 11.1 Å². The van der Waals surface area contributed by atoms with Crippen LogP contribution in [-0.4, -0.2) is 22.6 Å². The number of aryl methyl sites for hydroxylation is 1. The Morgan fingerprint density at radius 2 is 2.12 bits per heavy atom. The second-order valence-electron chi connectivity index (χ2n) is 5.59. The largest absolute Gasteiger partial charge is 0.382 e. The van der Waals surface area contributed by atoms with E-state index in [1.807, 2.05) is 0 Å². The van der Waals surface area contributed by atoms with E-state index in [0.29, 0.717) is 23.7 Å². The molecule has 1 unspecified atom stereocenters. The van der Waals surface area contributed by atoms with Crippen molar-refractivity contribution < 1.29 is 4.79 Å². The molecule has 0 bridgehead atoms. The first-order valence-corrected chi connectivity index (χ1v) is 5.82. The summed E-state index contributed by atoms with van der Waals surface area (Å²) < 4.78 is 0. The predicted octanol–water partition coefficient (Wildman–Crippen LogP) is 1.71. The number of anilines is 1. The second-order valence-corrected chi connectivity index (χ2v) is 5.59. The molecule has 0 aliphatic carbocycles. The number of nitrogens with one attached hydrogen (secondary N) is 2. The highest BCUT2D eigenvalue weighted by molar-refractivity contribution is 5.99. The van der Waals surface area contributed by atoms with Crippen LogP contribution in [-0.2, 0) is 0 Å². The lowest BCUT2D eigenvalue weighted by Crippen LogP contribution is -2.34. The molecule has 4 N–H and O–H groups in total. The number of H-pyrrole nitrogens is 1. The van der Waals surface area contributed by atoms with Crippen LogP contribution in [0.4, 0.5) is 5.82 Å². The Kier molecular flexibility index (Phi) is 3.80. The smallest absolute Gasteiger partial charge is 0.256 e. The third-order valence-electron chi connectivity index (χ3n) is 3.25. The Morgan fingerprint density at radius 3 is 2.53 bits per heavy atom. The van der Waals surface area contributed by atoms with Gasteiger partial charge in [-0.15, -0.1) is 0 Å². The number of rotatable bonds is 3. The predicted molar refractivity (Wildman–Crippen MR) is 68.7 cm³/mol. The summed E-state index contributed by atoms with van der Waals surface area (Å²) in [6.07, 6.45) is 0. The van der Waals surface area contributed by atoms with Gasteiger partial charge in [0.1, 0.15) is 5.56 Å². The molecule has 5 nitrogen and oxygen atoms in total. The maximum atomic E-state index is 11.9. The zero-order valence-electron chi connectivity index (χ0n) is 11.2. The molecule has 1 amide bonds. The van der Waals surface area contributed by atoms with Crippen molar-refractivity contribution in [1.82, 2.24) is 15.5 Å². The summed E-state index contributed by atoms with van der Waals surface area (Å²) in [7, 11) is 0. The summed E-state index contributed by atoms with van der Waals surface area (Å²) in [5, 5.41) is 9.40. The zero-order chi connectivity index (χ0) is 13.2. The molecular weight excluding hydrogens is 216 g/mol. The van der Waals surface area contributed by atoms with Crippen LogP contribution in [0.3, 0.4) is 0 Å². The minimum Gasteiger partial charge on any atom is -0.382 e. The molecule has 0 aromatic carbocycles. The molecule has 0 aliphatic heterocycles. The van der Waals surface area contributed by atoms with Gasteiger partial charge in [0, 0.05) is 12.2 Å². The SMILES string of the molecule is Cc1[nH]nc(N)c1C(=O)NCC(C)C(C)(C)C. The fraction of sp³-hybridized carbons (Fsp3) is 0.667. The number of aromatic amines is 1. The number of carbonyl (C=O) groups is 1. The Hall–Kier alpha value is -1.52. The molecule has 96 valence electrons. The Bertz CT molecular complexity index is 384. The maximum absolute atomic E-state index is 11.9. The van der Waals surface area contributed by atoms with Crippen LogP contribution in [0, 0.1) is 18.3 Å². The third kappa shape index (κ3) is 3.22. The topological polar surface area (TPSA) is 83.8 Å². The molecule has 1 aromatic heterocycles. The van der Waals surface area contributed by atoms with Crippen molar-refractivity contribution in [1.29, 1.82) is 0 Å². The number of nitrogens with two attached hydrogens (primary N) is 1. The van der Waals surface area contributed by atoms with Gasteiger partial charge in [0.2, 0.25) is 0 Å². The van der Waals surface area contributed by atoms with Gasteiger partial charge in [-0.3, -0.25) is 9.89 Å². The average molecular weight is 238 g/mol. The molecule has 1 rings (SSSR count). The number of nitrogens with zero attached hydrogens (tertiary/aromatic N) is 1. The van der Waals surface area contributed by atoms with Gasteiger partial charge in [-0.05, 0) is 18.3 Å². The van der Waals surface area contributed by atoms with Crippen LogP contribution in [0.15, 0.2) is 0 Å². The van der Waals surface area contributed by atoms with E-state index in [1.165, 1.54) is 0 Å². The van der Waals surface area contributed by atoms with Crippen molar-refractivity contribution in [2.75, 3.05) is 12.3 Å². The number of carbonyl (C=O) groups excluding carboxylic acids is 1. The molecule has 1 heterocycles. The highest BCUT2D eigenvalue weighted by atomic mass is 16.1. The van der Waals surface area contributed by atoms with E-state index in [4.69, 9.17) is 5.73 Å². The number of aromatic nitrogens is 2. The van der Waals surface area contributed by atoms with E-state index in [0.717, 1.165) is 0 Å². The maximum Gasteiger partial charge on any atom is 0.256 e. The van der Waals surface area contributed by atoms with Crippen molar-refractivity contribution in [3.8, 4) is 0 Å². The highest BCUT2D eigenvalue weighted by Crippen LogP contribution is 2.24. The Labute approximate surface area is 102 Å². The Balaban J connectivity index is 2.63. The summed E-state index contributed by atoms with van der Waals surface area (Å²) >= 11 is 0. The van der Waals surface area contributed by atoms with Gasteiger partial charge in [-0.2, -0.15) is 5.10 Å². The quantitative estimate of drug-likeness (QED) is 0.749. The lowest BCUT2D eigenvalue weighted by molar-refractivity contribution is 0.0937. The van der Waals surface area contributed by atoms with Gasteiger partial charge in [-0.1, -0.05) is 27.7 Å². The zero-order valence-corrected chi connectivity index (χ0v) is 11.2. The van der Waals surface area contributed by atoms with Crippen molar-refractivity contribution in [2.45, 2.75) is 34.6 Å². The summed E-state index contributed by atoms with van der Waals surface area (Å²) in [6.45, 7) is 11.0. The normalized spacial score (nSPS) is 13.5. The van der Waals surface area contributed by atoms with E-state index in [-0.39, 0.29) is 17.1 Å². The van der Waals surface area contributed by atoms with Crippen molar-refractivity contribution in [3.05, 3.63) is 11.3 Å². The van der Waals surface area contributed by atoms with E-state index in [2.05, 4.69) is 43.2 Å². The summed E-state index contributed by atoms with van der Waals surface area (Å²) in [5.41, 5.74) is 6.95. The van der Waals surface area contributed by atoms with Gasteiger partial charge in [-0.25, -0.2) is 0 Å². The molecule has 5 heteroatoms. The molecule has 0 saturated carbocycles. The fourth-order valence-corrected chi connectivity index (χ4v) is 1.37. The van der Waals surface area contributed by atoms with Crippen molar-refractivity contribution >= 4 is 11.7 Å². The lowest BCUT2D eigenvalue weighted by Gasteiger charge is -2.27. The molecule has 0 saturated heterocycles. The minimum absolute atomic E-state index is 0.162. The first-order valence-electron chi connectivity index (χ1n) is 5.82. The van der Waals surface area contributed by atoms with Gasteiger partial charge < -0.3 is 11.1 Å². The van der Waals surface area contributed by atoms with E-state index >= 15 is 0 Å². The summed E-state index contributed by atoms with van der Waals surface area (Å²) in [4.78, 5) is 11.9. The van der Waals surface area contributed by atoms with Gasteiger partial charge in [0.25, 0.3) is 5.91 Å². The monoisotopic (exact) mass is 238 g/mol. The van der Waals surface area contributed by atoms with Gasteiger partial charge >= 0.3 is 0 Å². The van der Waals surface area contributed by atoms with E-state index in [9.17, 15) is 4.79 Å². The van der Waals surface area contributed by atoms with Gasteiger partial charge in [0.05, 0.1) is 0 Å². The molecule has 17 heavy (non-hydrogen) atoms. The number of amides is 1. The number of hydrogen-bond donors (Lipinski definition) is 3. The number of nitrogen functional groups attached to an aromatic ring is 1. The molecule has 0 aliphatic rings. The molecule has 1 aromatic rings. The first kappa shape index (κ1) is 13.5. The van der Waals surface area contributed by atoms with Crippen LogP contribution >= 0.6 is 0 Å². The first-order chi connectivity index (χ1) is 7.73. The highest BCUT2D eigenvalue weighted by Gasteiger charge is 2.22. The van der Waals surface area contributed by atoms with Crippen LogP contribution in [0.2, 0.25) is 0 Å². The molecule has 0 radical (unpaired) electrons. The molecule has 0 spiro atoms. The van der Waals surface area contributed by atoms with Crippen LogP contribution in [0.25, 0.3) is 0 Å². The summed E-state index contributed by atoms with van der Waals surface area (Å²) in [5.74, 6) is 0.480. The van der Waals surface area contributed by atoms with Gasteiger partial charge in [0.15, 0.2) is 5.82 Å². The van der Waals surface area contributed by atoms with Crippen LogP contribution in [0.5, 0.6) is 0 Å². The van der Waals surface area contributed by atoms with Crippen molar-refractivity contribution in [2.24, 2.45) is 11.3 Å². The molecule has 0 fully saturated rings. The van der Waals surface area contributed by atoms with Crippen LogP contribution in [0.1, 0.15) is 43.7 Å². The summed E-state index contributed by atoms with van der Waals surface area (Å²) in [6, 6.07) is 0. The average Bonchev–Trinajstić information content (AvgIpc) is 2.53. The van der Waals surface area contributed by atoms with E-state index in [1.54, 1.807) is 6.92 Å². The molecular formula is C12H22N4O. The minimum atomic E-state index is -0.162. The third-order valence-corrected chi connectivity index (χ3v) is 3.25. The second kappa shape index (κ2) is 4.77. The Morgan fingerprint density at radius 1 is 1.53 bits per heavy atom. The van der Waals surface area contributed by atoms with E-state index < -0.39 is 0 Å². The number of hydrogen-bond acceptors (Lipinski definition) is 3. The standard InChI is InChI=1S/C12H22N4O/c1-7(12(3,4)5)6-14-11(17)9-8(2)15-16-10(9)13/h7H,6H2,1-5H3,(H,14,17)(H3,13,15,16). The molecule has 1 atom stereocenters. The lowest BCUT2D eigenvalue weighted by atomic mass is 9.82. The fourth-order valence-electron chi connectivity index (χ4n) is 1.37.